The minimum Gasteiger partial charge on any atom is -0.478 e. The Morgan fingerprint density at radius 3 is 2.55 bits per heavy atom. The topological polar surface area (TPSA) is 83.5 Å². The highest BCUT2D eigenvalue weighted by atomic mass is 32.2. The predicted molar refractivity (Wildman–Crippen MR) is 70.4 cm³/mol. The summed E-state index contributed by atoms with van der Waals surface area (Å²) in [6.07, 6.45) is 0.927. The second kappa shape index (κ2) is 4.82. The molecule has 1 unspecified atom stereocenters. The molecule has 5 nitrogen and oxygen atoms in total. The van der Waals surface area contributed by atoms with E-state index in [9.17, 15) is 17.6 Å². The van der Waals surface area contributed by atoms with Gasteiger partial charge in [-0.15, -0.1) is 0 Å². The fourth-order valence-corrected chi connectivity index (χ4v) is 3.20. The Morgan fingerprint density at radius 1 is 1.50 bits per heavy atom. The number of sulfonamides is 1. The van der Waals surface area contributed by atoms with Crippen LogP contribution in [-0.4, -0.2) is 26.0 Å². The van der Waals surface area contributed by atoms with Gasteiger partial charge >= 0.3 is 5.97 Å². The van der Waals surface area contributed by atoms with Crippen LogP contribution in [-0.2, 0) is 10.0 Å². The van der Waals surface area contributed by atoms with Crippen LogP contribution in [0.25, 0.3) is 0 Å². The van der Waals surface area contributed by atoms with Gasteiger partial charge in [0.25, 0.3) is 0 Å². The average Bonchev–Trinajstić information content (AvgIpc) is 2.94. The number of carbonyl (C=O) groups is 1. The van der Waals surface area contributed by atoms with Gasteiger partial charge in [-0.1, -0.05) is 13.8 Å². The van der Waals surface area contributed by atoms with Crippen molar-refractivity contribution in [1.82, 2.24) is 4.72 Å². The van der Waals surface area contributed by atoms with Crippen molar-refractivity contribution in [3.8, 4) is 0 Å². The SMILES string of the molecule is CC1(C)CC1CNS(=O)(=O)c1ccc(C(=O)O)cc1F. The highest BCUT2D eigenvalue weighted by Crippen LogP contribution is 2.51. The molecule has 1 aliphatic carbocycles. The molecule has 0 amide bonds. The molecular weight excluding hydrogens is 285 g/mol. The van der Waals surface area contributed by atoms with Gasteiger partial charge in [0.1, 0.15) is 10.7 Å². The van der Waals surface area contributed by atoms with Crippen molar-refractivity contribution >= 4 is 16.0 Å². The Kier molecular flexibility index (Phi) is 3.60. The van der Waals surface area contributed by atoms with Gasteiger partial charge in [-0.05, 0) is 36.0 Å². The van der Waals surface area contributed by atoms with E-state index in [0.29, 0.717) is 6.07 Å². The lowest BCUT2D eigenvalue weighted by Crippen LogP contribution is -2.27. The summed E-state index contributed by atoms with van der Waals surface area (Å²) < 4.78 is 40.0. The molecule has 0 saturated heterocycles. The van der Waals surface area contributed by atoms with Crippen LogP contribution in [0.4, 0.5) is 4.39 Å². The third-order valence-corrected chi connectivity index (χ3v) is 5.16. The second-order valence-electron chi connectivity index (χ2n) is 5.69. The molecule has 1 aliphatic rings. The molecular formula is C13H16FNO4S. The largest absolute Gasteiger partial charge is 0.478 e. The van der Waals surface area contributed by atoms with Crippen molar-refractivity contribution in [2.45, 2.75) is 25.2 Å². The van der Waals surface area contributed by atoms with E-state index < -0.39 is 26.7 Å². The Bertz CT molecular complexity index is 654. The normalized spacial score (nSPS) is 20.6. The highest BCUT2D eigenvalue weighted by Gasteiger charge is 2.45. The molecule has 1 atom stereocenters. The molecule has 0 bridgehead atoms. The van der Waals surface area contributed by atoms with E-state index in [1.165, 1.54) is 0 Å². The molecule has 110 valence electrons. The number of benzene rings is 1. The molecule has 7 heteroatoms. The monoisotopic (exact) mass is 301 g/mol. The number of nitrogens with one attached hydrogen (secondary N) is 1. The van der Waals surface area contributed by atoms with E-state index in [4.69, 9.17) is 5.11 Å². The van der Waals surface area contributed by atoms with Crippen LogP contribution >= 0.6 is 0 Å². The van der Waals surface area contributed by atoms with E-state index >= 15 is 0 Å². The molecule has 0 aliphatic heterocycles. The fourth-order valence-electron chi connectivity index (χ4n) is 2.06. The minimum atomic E-state index is -3.96. The van der Waals surface area contributed by atoms with Crippen molar-refractivity contribution in [3.05, 3.63) is 29.6 Å². The maximum atomic E-state index is 13.7. The summed E-state index contributed by atoms with van der Waals surface area (Å²) in [5.74, 6) is -2.12. The van der Waals surface area contributed by atoms with Crippen molar-refractivity contribution in [1.29, 1.82) is 0 Å². The summed E-state index contributed by atoms with van der Waals surface area (Å²) in [4.78, 5) is 10.2. The first-order valence-corrected chi connectivity index (χ1v) is 7.64. The smallest absolute Gasteiger partial charge is 0.335 e. The molecule has 1 fully saturated rings. The van der Waals surface area contributed by atoms with Crippen LogP contribution in [0.2, 0.25) is 0 Å². The van der Waals surface area contributed by atoms with Gasteiger partial charge in [-0.25, -0.2) is 22.3 Å². The van der Waals surface area contributed by atoms with Crippen LogP contribution < -0.4 is 4.72 Å². The first-order valence-electron chi connectivity index (χ1n) is 6.16. The standard InChI is InChI=1S/C13H16FNO4S/c1-13(2)6-9(13)7-15-20(18,19)11-4-3-8(12(16)17)5-10(11)14/h3-5,9,15H,6-7H2,1-2H3,(H,16,17). The summed E-state index contributed by atoms with van der Waals surface area (Å²) in [5.41, 5.74) is -0.168. The molecule has 1 saturated carbocycles. The number of hydrogen-bond donors (Lipinski definition) is 2. The van der Waals surface area contributed by atoms with Gasteiger partial charge in [0.2, 0.25) is 10.0 Å². The summed E-state index contributed by atoms with van der Waals surface area (Å²) in [6, 6.07) is 2.75. The third-order valence-electron chi connectivity index (χ3n) is 3.71. The molecule has 2 rings (SSSR count). The van der Waals surface area contributed by atoms with Crippen LogP contribution in [0.3, 0.4) is 0 Å². The first-order chi connectivity index (χ1) is 9.13. The second-order valence-corrected chi connectivity index (χ2v) is 7.43. The van der Waals surface area contributed by atoms with Crippen molar-refractivity contribution in [2.75, 3.05) is 6.54 Å². The molecule has 2 N–H and O–H groups in total. The lowest BCUT2D eigenvalue weighted by Gasteiger charge is -2.09. The number of aromatic carboxylic acids is 1. The number of halogens is 1. The summed E-state index contributed by atoms with van der Waals surface area (Å²) in [7, 11) is -3.96. The quantitative estimate of drug-likeness (QED) is 0.869. The van der Waals surface area contributed by atoms with E-state index in [-0.39, 0.29) is 23.4 Å². The molecule has 1 aromatic rings. The number of carboxylic acid groups (broad SMARTS) is 1. The van der Waals surface area contributed by atoms with Crippen molar-refractivity contribution in [3.63, 3.8) is 0 Å². The maximum absolute atomic E-state index is 13.7. The average molecular weight is 301 g/mol. The van der Waals surface area contributed by atoms with E-state index in [1.54, 1.807) is 0 Å². The molecule has 0 spiro atoms. The first kappa shape index (κ1) is 14.9. The molecule has 0 aromatic heterocycles. The van der Waals surface area contributed by atoms with Crippen LogP contribution in [0, 0.1) is 17.2 Å². The van der Waals surface area contributed by atoms with Crippen LogP contribution in [0.1, 0.15) is 30.6 Å². The highest BCUT2D eigenvalue weighted by molar-refractivity contribution is 7.89. The molecule has 20 heavy (non-hydrogen) atoms. The Labute approximate surface area is 116 Å². The zero-order valence-corrected chi connectivity index (χ0v) is 12.0. The van der Waals surface area contributed by atoms with Gasteiger partial charge in [0, 0.05) is 6.54 Å². The Morgan fingerprint density at radius 2 is 2.10 bits per heavy atom. The molecule has 0 heterocycles. The van der Waals surface area contributed by atoms with Crippen LogP contribution in [0.5, 0.6) is 0 Å². The van der Waals surface area contributed by atoms with E-state index in [0.717, 1.165) is 18.6 Å². The molecule has 0 radical (unpaired) electrons. The number of hydrogen-bond acceptors (Lipinski definition) is 3. The number of carboxylic acids is 1. The zero-order valence-electron chi connectivity index (χ0n) is 11.2. The summed E-state index contributed by atoms with van der Waals surface area (Å²) in [6.45, 7) is 4.33. The lowest BCUT2D eigenvalue weighted by atomic mass is 10.1. The molecule has 1 aromatic carbocycles. The van der Waals surface area contributed by atoms with Crippen LogP contribution in [0.15, 0.2) is 23.1 Å². The van der Waals surface area contributed by atoms with Gasteiger partial charge in [-0.3, -0.25) is 0 Å². The zero-order chi connectivity index (χ0) is 15.1. The Balaban J connectivity index is 2.15. The van der Waals surface area contributed by atoms with Gasteiger partial charge in [0.15, 0.2) is 0 Å². The lowest BCUT2D eigenvalue weighted by molar-refractivity contribution is 0.0696. The predicted octanol–water partition coefficient (Wildman–Crippen LogP) is 1.85. The van der Waals surface area contributed by atoms with Gasteiger partial charge in [-0.2, -0.15) is 0 Å². The Hall–Kier alpha value is -1.47. The maximum Gasteiger partial charge on any atom is 0.335 e. The van der Waals surface area contributed by atoms with Gasteiger partial charge < -0.3 is 5.11 Å². The van der Waals surface area contributed by atoms with Crippen molar-refractivity contribution in [2.24, 2.45) is 11.3 Å². The van der Waals surface area contributed by atoms with Crippen molar-refractivity contribution < 1.29 is 22.7 Å². The van der Waals surface area contributed by atoms with Gasteiger partial charge in [0.05, 0.1) is 5.56 Å². The summed E-state index contributed by atoms with van der Waals surface area (Å²) in [5, 5.41) is 8.71. The minimum absolute atomic E-state index is 0.119. The van der Waals surface area contributed by atoms with E-state index in [1.807, 2.05) is 13.8 Å². The fraction of sp³-hybridized carbons (Fsp3) is 0.462. The summed E-state index contributed by atoms with van der Waals surface area (Å²) >= 11 is 0. The third kappa shape index (κ3) is 2.99. The van der Waals surface area contributed by atoms with E-state index in [2.05, 4.69) is 4.72 Å². The number of rotatable bonds is 5.